The fourth-order valence-corrected chi connectivity index (χ4v) is 3.13. The van der Waals surface area contributed by atoms with Crippen molar-refractivity contribution in [3.63, 3.8) is 0 Å². The lowest BCUT2D eigenvalue weighted by atomic mass is 9.80. The summed E-state index contributed by atoms with van der Waals surface area (Å²) < 4.78 is 0. The summed E-state index contributed by atoms with van der Waals surface area (Å²) in [5.41, 5.74) is 1.28. The van der Waals surface area contributed by atoms with Gasteiger partial charge in [0.25, 0.3) is 0 Å². The second-order valence-electron chi connectivity index (χ2n) is 6.82. The van der Waals surface area contributed by atoms with Gasteiger partial charge in [0.15, 0.2) is 0 Å². The van der Waals surface area contributed by atoms with Gasteiger partial charge in [0.05, 0.1) is 6.04 Å². The molecule has 2 rings (SSSR count). The normalized spacial score (nSPS) is 22.7. The monoisotopic (exact) mass is 260 g/mol. The molecule has 0 saturated carbocycles. The molecule has 1 heterocycles. The van der Waals surface area contributed by atoms with Crippen LogP contribution in [0, 0.1) is 0 Å². The smallest absolute Gasteiger partial charge is 0.115 e. The van der Waals surface area contributed by atoms with Crippen LogP contribution in [-0.4, -0.2) is 28.4 Å². The van der Waals surface area contributed by atoms with Crippen molar-refractivity contribution >= 4 is 6.21 Å². The van der Waals surface area contributed by atoms with Crippen LogP contribution in [0.4, 0.5) is 0 Å². The van der Waals surface area contributed by atoms with E-state index in [1.165, 1.54) is 0 Å². The van der Waals surface area contributed by atoms with Crippen LogP contribution in [-0.2, 0) is 0 Å². The quantitative estimate of drug-likeness (QED) is 0.802. The number of aliphatic imine (C=N–C) groups is 1. The van der Waals surface area contributed by atoms with Gasteiger partial charge in [-0.05, 0) is 70.4 Å². The number of piperidine rings is 1. The molecule has 0 bridgehead atoms. The second kappa shape index (κ2) is 4.97. The molecule has 2 N–H and O–H groups in total. The van der Waals surface area contributed by atoms with E-state index in [0.29, 0.717) is 11.8 Å². The molecule has 0 atom stereocenters. The van der Waals surface area contributed by atoms with E-state index in [2.05, 4.69) is 33.0 Å². The Labute approximate surface area is 115 Å². The number of benzene rings is 1. The number of aromatic hydroxyl groups is 1. The highest BCUT2D eigenvalue weighted by Gasteiger charge is 2.37. The molecule has 0 aliphatic carbocycles. The number of phenols is 1. The van der Waals surface area contributed by atoms with Crippen molar-refractivity contribution in [1.82, 2.24) is 5.32 Å². The number of hydrogen-bond acceptors (Lipinski definition) is 3. The molecule has 0 spiro atoms. The summed E-state index contributed by atoms with van der Waals surface area (Å²) in [5.74, 6) is 0.293. The van der Waals surface area contributed by atoms with E-state index in [1.807, 2.05) is 18.3 Å². The van der Waals surface area contributed by atoms with Crippen LogP contribution in [0.25, 0.3) is 0 Å². The summed E-state index contributed by atoms with van der Waals surface area (Å²) in [6.07, 6.45) is 4.01. The minimum atomic E-state index is 0.124. The summed E-state index contributed by atoms with van der Waals surface area (Å²) in [6.45, 7) is 8.93. The Hall–Kier alpha value is -1.35. The van der Waals surface area contributed by atoms with E-state index in [4.69, 9.17) is 4.99 Å². The van der Waals surface area contributed by atoms with Crippen LogP contribution >= 0.6 is 0 Å². The van der Waals surface area contributed by atoms with Crippen molar-refractivity contribution in [2.75, 3.05) is 0 Å². The van der Waals surface area contributed by atoms with Crippen LogP contribution in [0.3, 0.4) is 0 Å². The van der Waals surface area contributed by atoms with E-state index in [1.54, 1.807) is 12.1 Å². The van der Waals surface area contributed by atoms with Gasteiger partial charge >= 0.3 is 0 Å². The number of hydrogen-bond donors (Lipinski definition) is 2. The summed E-state index contributed by atoms with van der Waals surface area (Å²) >= 11 is 0. The molecule has 0 radical (unpaired) electrons. The Bertz CT molecular complexity index is 444. The number of phenolic OH excluding ortho intramolecular Hbond substituents is 1. The first-order chi connectivity index (χ1) is 8.76. The number of rotatable bonds is 2. The molecule has 1 saturated heterocycles. The van der Waals surface area contributed by atoms with Gasteiger partial charge in [-0.25, -0.2) is 0 Å². The summed E-state index contributed by atoms with van der Waals surface area (Å²) in [7, 11) is 0. The molecule has 1 aliphatic heterocycles. The van der Waals surface area contributed by atoms with E-state index in [0.717, 1.165) is 18.4 Å². The van der Waals surface area contributed by atoms with Crippen molar-refractivity contribution in [1.29, 1.82) is 0 Å². The molecule has 3 nitrogen and oxygen atoms in total. The van der Waals surface area contributed by atoms with E-state index < -0.39 is 0 Å². The Kier molecular flexibility index (Phi) is 3.68. The zero-order valence-corrected chi connectivity index (χ0v) is 12.3. The summed E-state index contributed by atoms with van der Waals surface area (Å²) in [5, 5.41) is 12.9. The summed E-state index contributed by atoms with van der Waals surface area (Å²) in [4.78, 5) is 4.73. The van der Waals surface area contributed by atoms with Crippen LogP contribution in [0.5, 0.6) is 5.75 Å². The maximum Gasteiger partial charge on any atom is 0.115 e. The Morgan fingerprint density at radius 2 is 1.63 bits per heavy atom. The predicted molar refractivity (Wildman–Crippen MR) is 80.0 cm³/mol. The Balaban J connectivity index is 2.08. The Morgan fingerprint density at radius 1 is 1.11 bits per heavy atom. The third kappa shape index (κ3) is 4.06. The van der Waals surface area contributed by atoms with Gasteiger partial charge in [0.2, 0.25) is 0 Å². The van der Waals surface area contributed by atoms with E-state index in [-0.39, 0.29) is 11.1 Å². The van der Waals surface area contributed by atoms with Crippen LogP contribution in [0.15, 0.2) is 29.3 Å². The first-order valence-corrected chi connectivity index (χ1v) is 6.87. The molecular weight excluding hydrogens is 236 g/mol. The van der Waals surface area contributed by atoms with Gasteiger partial charge in [-0.1, -0.05) is 0 Å². The highest BCUT2D eigenvalue weighted by molar-refractivity contribution is 5.79. The molecule has 19 heavy (non-hydrogen) atoms. The van der Waals surface area contributed by atoms with Crippen molar-refractivity contribution in [3.8, 4) is 5.75 Å². The van der Waals surface area contributed by atoms with Crippen LogP contribution < -0.4 is 5.32 Å². The zero-order valence-electron chi connectivity index (χ0n) is 12.3. The first-order valence-electron chi connectivity index (χ1n) is 6.87. The molecule has 104 valence electrons. The lowest BCUT2D eigenvalue weighted by Crippen LogP contribution is -2.58. The third-order valence-electron chi connectivity index (χ3n) is 3.50. The average molecular weight is 260 g/mol. The fourth-order valence-electron chi connectivity index (χ4n) is 3.13. The number of nitrogens with one attached hydrogen (secondary N) is 1. The van der Waals surface area contributed by atoms with Gasteiger partial charge in [0, 0.05) is 17.3 Å². The third-order valence-corrected chi connectivity index (χ3v) is 3.50. The first kappa shape index (κ1) is 14.1. The minimum Gasteiger partial charge on any atom is -0.508 e. The van der Waals surface area contributed by atoms with Crippen molar-refractivity contribution in [2.45, 2.75) is 57.7 Å². The molecule has 3 heteroatoms. The molecule has 0 unspecified atom stereocenters. The maximum absolute atomic E-state index is 9.26. The van der Waals surface area contributed by atoms with Crippen LogP contribution in [0.1, 0.15) is 46.1 Å². The molecule has 1 aromatic rings. The maximum atomic E-state index is 9.26. The highest BCUT2D eigenvalue weighted by atomic mass is 16.3. The SMILES string of the molecule is CC1(C)CC(N=Cc2ccc(O)cc2)CC(C)(C)N1. The topological polar surface area (TPSA) is 44.6 Å². The summed E-state index contributed by atoms with van der Waals surface area (Å²) in [6, 6.07) is 7.50. The minimum absolute atomic E-state index is 0.124. The predicted octanol–water partition coefficient (Wildman–Crippen LogP) is 3.12. The standard InChI is InChI=1S/C16H24N2O/c1-15(2)9-13(10-16(3,4)18-15)17-11-12-5-7-14(19)8-6-12/h5-8,11,13,18-19H,9-10H2,1-4H3. The zero-order chi connectivity index (χ0) is 14.1. The van der Waals surface area contributed by atoms with E-state index in [9.17, 15) is 5.11 Å². The molecule has 0 aromatic heterocycles. The van der Waals surface area contributed by atoms with Crippen LogP contribution in [0.2, 0.25) is 0 Å². The molecule has 1 aliphatic rings. The largest absolute Gasteiger partial charge is 0.508 e. The fraction of sp³-hybridized carbons (Fsp3) is 0.562. The van der Waals surface area contributed by atoms with Crippen molar-refractivity contribution in [2.24, 2.45) is 4.99 Å². The highest BCUT2D eigenvalue weighted by Crippen LogP contribution is 2.30. The van der Waals surface area contributed by atoms with Crippen molar-refractivity contribution < 1.29 is 5.11 Å². The van der Waals surface area contributed by atoms with Gasteiger partial charge in [0.1, 0.15) is 5.75 Å². The molecule has 1 fully saturated rings. The average Bonchev–Trinajstić information content (AvgIpc) is 2.24. The van der Waals surface area contributed by atoms with Gasteiger partial charge in [-0.3, -0.25) is 4.99 Å². The number of nitrogens with zero attached hydrogens (tertiary/aromatic N) is 1. The molecule has 1 aromatic carbocycles. The second-order valence-corrected chi connectivity index (χ2v) is 6.82. The molecule has 0 amide bonds. The van der Waals surface area contributed by atoms with Gasteiger partial charge in [-0.15, -0.1) is 0 Å². The van der Waals surface area contributed by atoms with Gasteiger partial charge in [-0.2, -0.15) is 0 Å². The van der Waals surface area contributed by atoms with Crippen molar-refractivity contribution in [3.05, 3.63) is 29.8 Å². The lowest BCUT2D eigenvalue weighted by molar-refractivity contribution is 0.164. The van der Waals surface area contributed by atoms with E-state index >= 15 is 0 Å². The molecular formula is C16H24N2O. The van der Waals surface area contributed by atoms with Gasteiger partial charge < -0.3 is 10.4 Å². The Morgan fingerprint density at radius 3 is 2.16 bits per heavy atom. The lowest BCUT2D eigenvalue weighted by Gasteiger charge is -2.45.